The van der Waals surface area contributed by atoms with Gasteiger partial charge in [0, 0.05) is 12.1 Å². The van der Waals surface area contributed by atoms with Crippen LogP contribution in [0.3, 0.4) is 0 Å². The van der Waals surface area contributed by atoms with Gasteiger partial charge in [-0.1, -0.05) is 29.7 Å². The fourth-order valence-corrected chi connectivity index (χ4v) is 2.35. The molecule has 0 heterocycles. The van der Waals surface area contributed by atoms with Crippen molar-refractivity contribution >= 4 is 11.6 Å². The molecule has 1 aromatic rings. The van der Waals surface area contributed by atoms with E-state index in [1.807, 2.05) is 12.1 Å². The van der Waals surface area contributed by atoms with Gasteiger partial charge in [-0.15, -0.1) is 6.42 Å². The Hall–Kier alpha value is -1.48. The number of methoxy groups -OCH3 is 1. The molecule has 0 unspecified atom stereocenters. The number of ether oxygens (including phenoxy) is 1. The van der Waals surface area contributed by atoms with Gasteiger partial charge in [0.15, 0.2) is 5.60 Å². The minimum Gasteiger partial charge on any atom is -0.360 e. The van der Waals surface area contributed by atoms with Crippen LogP contribution >= 0.6 is 11.6 Å². The Balaban J connectivity index is 2.54. The summed E-state index contributed by atoms with van der Waals surface area (Å²) in [5.74, 6) is 2.67. The molecule has 0 saturated heterocycles. The van der Waals surface area contributed by atoms with Crippen LogP contribution in [0, 0.1) is 29.1 Å². The van der Waals surface area contributed by atoms with Gasteiger partial charge in [0.05, 0.1) is 6.07 Å². The summed E-state index contributed by atoms with van der Waals surface area (Å²) in [5, 5.41) is 9.96. The molecule has 1 aliphatic rings. The summed E-state index contributed by atoms with van der Waals surface area (Å²) in [6.45, 7) is 0. The quantitative estimate of drug-likeness (QED) is 0.767. The zero-order chi connectivity index (χ0) is 12.5. The molecular weight excluding hydrogens is 234 g/mol. The molecule has 1 aromatic carbocycles. The molecule has 17 heavy (non-hydrogen) atoms. The van der Waals surface area contributed by atoms with Gasteiger partial charge in [-0.05, 0) is 30.5 Å². The average molecular weight is 246 g/mol. The van der Waals surface area contributed by atoms with E-state index in [1.165, 1.54) is 0 Å². The lowest BCUT2D eigenvalue weighted by Crippen LogP contribution is -2.36. The number of rotatable bonds is 3. The van der Waals surface area contributed by atoms with Gasteiger partial charge in [-0.3, -0.25) is 0 Å². The van der Waals surface area contributed by atoms with E-state index in [2.05, 4.69) is 12.0 Å². The van der Waals surface area contributed by atoms with Crippen LogP contribution in [0.25, 0.3) is 0 Å². The molecular formula is C14H12ClNO. The summed E-state index contributed by atoms with van der Waals surface area (Å²) < 4.78 is 5.53. The molecule has 1 saturated carbocycles. The van der Waals surface area contributed by atoms with Crippen molar-refractivity contribution in [2.45, 2.75) is 18.4 Å². The standard InChI is InChI=1S/C14H12ClNO/c1-3-14(17-2,13(10-16)8-9-13)11-4-6-12(15)7-5-11/h1,4-7H,8-9H2,2H3/t14-/m0/s1. The van der Waals surface area contributed by atoms with Crippen molar-refractivity contribution in [3.8, 4) is 18.4 Å². The highest BCUT2D eigenvalue weighted by molar-refractivity contribution is 6.30. The predicted molar refractivity (Wildman–Crippen MR) is 66.3 cm³/mol. The first-order valence-corrected chi connectivity index (χ1v) is 5.72. The van der Waals surface area contributed by atoms with Crippen LogP contribution in [0.2, 0.25) is 5.02 Å². The van der Waals surface area contributed by atoms with Crippen molar-refractivity contribution in [1.29, 1.82) is 5.26 Å². The lowest BCUT2D eigenvalue weighted by molar-refractivity contribution is -0.00564. The van der Waals surface area contributed by atoms with Crippen molar-refractivity contribution in [3.05, 3.63) is 34.9 Å². The third-order valence-corrected chi connectivity index (χ3v) is 3.65. The molecule has 0 aromatic heterocycles. The van der Waals surface area contributed by atoms with E-state index in [4.69, 9.17) is 22.8 Å². The Morgan fingerprint density at radius 3 is 2.35 bits per heavy atom. The second-order valence-electron chi connectivity index (χ2n) is 4.23. The maximum atomic E-state index is 9.32. The smallest absolute Gasteiger partial charge is 0.171 e. The molecule has 86 valence electrons. The second kappa shape index (κ2) is 4.08. The van der Waals surface area contributed by atoms with E-state index < -0.39 is 11.0 Å². The topological polar surface area (TPSA) is 33.0 Å². The summed E-state index contributed by atoms with van der Waals surface area (Å²) in [4.78, 5) is 0. The first-order valence-electron chi connectivity index (χ1n) is 5.34. The van der Waals surface area contributed by atoms with Gasteiger partial charge < -0.3 is 4.74 Å². The molecule has 1 fully saturated rings. The van der Waals surface area contributed by atoms with E-state index in [0.29, 0.717) is 5.02 Å². The highest BCUT2D eigenvalue weighted by Crippen LogP contribution is 2.59. The largest absolute Gasteiger partial charge is 0.360 e. The Morgan fingerprint density at radius 1 is 1.41 bits per heavy atom. The summed E-state index contributed by atoms with van der Waals surface area (Å²) in [6, 6.07) is 9.47. The van der Waals surface area contributed by atoms with Crippen molar-refractivity contribution in [3.63, 3.8) is 0 Å². The predicted octanol–water partition coefficient (Wildman–Crippen LogP) is 3.12. The number of benzene rings is 1. The third kappa shape index (κ3) is 1.62. The van der Waals surface area contributed by atoms with Gasteiger partial charge in [0.2, 0.25) is 0 Å². The molecule has 0 radical (unpaired) electrons. The van der Waals surface area contributed by atoms with E-state index >= 15 is 0 Å². The third-order valence-electron chi connectivity index (χ3n) is 3.40. The number of hydrogen-bond acceptors (Lipinski definition) is 2. The molecule has 0 N–H and O–H groups in total. The normalized spacial score (nSPS) is 19.8. The lowest BCUT2D eigenvalue weighted by Gasteiger charge is -2.32. The lowest BCUT2D eigenvalue weighted by atomic mass is 9.79. The molecule has 2 rings (SSSR count). The first kappa shape index (κ1) is 12.0. The molecule has 0 amide bonds. The van der Waals surface area contributed by atoms with Crippen LogP contribution in [0.1, 0.15) is 18.4 Å². The number of hydrogen-bond donors (Lipinski definition) is 0. The van der Waals surface area contributed by atoms with E-state index in [0.717, 1.165) is 18.4 Å². The van der Waals surface area contributed by atoms with Crippen LogP contribution in [0.15, 0.2) is 24.3 Å². The summed E-state index contributed by atoms with van der Waals surface area (Å²) in [6.07, 6.45) is 7.17. The highest BCUT2D eigenvalue weighted by atomic mass is 35.5. The molecule has 0 spiro atoms. The molecule has 3 heteroatoms. The van der Waals surface area contributed by atoms with Crippen LogP contribution in [-0.2, 0) is 10.3 Å². The number of nitriles is 1. The minimum absolute atomic E-state index is 0.593. The first-order chi connectivity index (χ1) is 8.14. The molecule has 1 atom stereocenters. The average Bonchev–Trinajstić information content (AvgIpc) is 3.15. The summed E-state index contributed by atoms with van der Waals surface area (Å²) in [7, 11) is 1.55. The fraction of sp³-hybridized carbons (Fsp3) is 0.357. The van der Waals surface area contributed by atoms with Gasteiger partial charge in [0.25, 0.3) is 0 Å². The van der Waals surface area contributed by atoms with Crippen molar-refractivity contribution in [2.75, 3.05) is 7.11 Å². The Bertz CT molecular complexity index is 505. The zero-order valence-corrected chi connectivity index (χ0v) is 10.3. The van der Waals surface area contributed by atoms with Crippen LogP contribution in [-0.4, -0.2) is 7.11 Å². The number of terminal acetylenes is 1. The highest BCUT2D eigenvalue weighted by Gasteiger charge is 2.61. The van der Waals surface area contributed by atoms with Crippen LogP contribution in [0.4, 0.5) is 0 Å². The van der Waals surface area contributed by atoms with Crippen molar-refractivity contribution < 1.29 is 4.74 Å². The van der Waals surface area contributed by atoms with Gasteiger partial charge in [0.1, 0.15) is 5.41 Å². The maximum absolute atomic E-state index is 9.32. The molecule has 0 aliphatic heterocycles. The fourth-order valence-electron chi connectivity index (χ4n) is 2.22. The summed E-state index contributed by atoms with van der Waals surface area (Å²) >= 11 is 5.85. The van der Waals surface area contributed by atoms with Crippen LogP contribution in [0.5, 0.6) is 0 Å². The minimum atomic E-state index is -0.966. The van der Waals surface area contributed by atoms with E-state index in [-0.39, 0.29) is 0 Å². The maximum Gasteiger partial charge on any atom is 0.171 e. The van der Waals surface area contributed by atoms with E-state index in [9.17, 15) is 5.26 Å². The Labute approximate surface area is 106 Å². The van der Waals surface area contributed by atoms with Gasteiger partial charge in [-0.25, -0.2) is 0 Å². The zero-order valence-electron chi connectivity index (χ0n) is 9.53. The number of nitrogens with zero attached hydrogens (tertiary/aromatic N) is 1. The Kier molecular flexibility index (Phi) is 2.87. The number of halogens is 1. The Morgan fingerprint density at radius 2 is 2.00 bits per heavy atom. The monoisotopic (exact) mass is 245 g/mol. The summed E-state index contributed by atoms with van der Waals surface area (Å²) in [5.41, 5.74) is -0.748. The van der Waals surface area contributed by atoms with Crippen molar-refractivity contribution in [2.24, 2.45) is 5.41 Å². The molecule has 1 aliphatic carbocycles. The second-order valence-corrected chi connectivity index (χ2v) is 4.67. The van der Waals surface area contributed by atoms with E-state index in [1.54, 1.807) is 19.2 Å². The molecule has 2 nitrogen and oxygen atoms in total. The van der Waals surface area contributed by atoms with Gasteiger partial charge in [-0.2, -0.15) is 5.26 Å². The van der Waals surface area contributed by atoms with Crippen LogP contribution < -0.4 is 0 Å². The van der Waals surface area contributed by atoms with Gasteiger partial charge >= 0.3 is 0 Å². The SMILES string of the molecule is C#C[C@](OC)(c1ccc(Cl)cc1)C1(C#N)CC1. The van der Waals surface area contributed by atoms with Crippen molar-refractivity contribution in [1.82, 2.24) is 0 Å². The molecule has 0 bridgehead atoms.